The van der Waals surface area contributed by atoms with Crippen LogP contribution >= 0.6 is 0 Å². The van der Waals surface area contributed by atoms with Gasteiger partial charge in [0.2, 0.25) is 0 Å². The highest BCUT2D eigenvalue weighted by Crippen LogP contribution is 2.17. The highest BCUT2D eigenvalue weighted by atomic mass is 16.6. The number of methoxy groups -OCH3 is 1. The van der Waals surface area contributed by atoms with Gasteiger partial charge in [0.1, 0.15) is 5.82 Å². The van der Waals surface area contributed by atoms with Crippen LogP contribution < -0.4 is 10.9 Å². The molecule has 0 aliphatic rings. The molecule has 9 heteroatoms. The number of ether oxygens (including phenoxy) is 1. The highest BCUT2D eigenvalue weighted by molar-refractivity contribution is 5.95. The number of para-hydroxylation sites is 1. The number of hydrogen-bond acceptors (Lipinski definition) is 6. The Bertz CT molecular complexity index is 1130. The lowest BCUT2D eigenvalue weighted by Gasteiger charge is -2.19. The molecule has 29 heavy (non-hydrogen) atoms. The van der Waals surface area contributed by atoms with Crippen LogP contribution in [0.4, 0.5) is 5.69 Å². The van der Waals surface area contributed by atoms with Gasteiger partial charge in [-0.05, 0) is 25.1 Å². The molecule has 1 aromatic heterocycles. The van der Waals surface area contributed by atoms with E-state index in [1.54, 1.807) is 31.2 Å². The van der Waals surface area contributed by atoms with E-state index in [-0.39, 0.29) is 23.4 Å². The summed E-state index contributed by atoms with van der Waals surface area (Å²) >= 11 is 0. The van der Waals surface area contributed by atoms with Crippen LogP contribution in [0.1, 0.15) is 29.1 Å². The molecule has 0 fully saturated rings. The van der Waals surface area contributed by atoms with Crippen LogP contribution in [0.2, 0.25) is 0 Å². The molecule has 1 unspecified atom stereocenters. The van der Waals surface area contributed by atoms with Gasteiger partial charge in [-0.15, -0.1) is 0 Å². The molecule has 1 atom stereocenters. The third-order valence-corrected chi connectivity index (χ3v) is 4.46. The Kier molecular flexibility index (Phi) is 5.99. The SMILES string of the molecule is COCCn1c(C(C)NC(=O)c2cccc([N+](=O)[O-])c2)nc2ccccc2c1=O. The van der Waals surface area contributed by atoms with E-state index < -0.39 is 16.9 Å². The quantitative estimate of drug-likeness (QED) is 0.484. The first-order valence-corrected chi connectivity index (χ1v) is 8.96. The molecule has 150 valence electrons. The van der Waals surface area contributed by atoms with E-state index in [9.17, 15) is 19.7 Å². The topological polar surface area (TPSA) is 116 Å². The maximum absolute atomic E-state index is 12.9. The van der Waals surface area contributed by atoms with E-state index >= 15 is 0 Å². The van der Waals surface area contributed by atoms with Crippen LogP contribution in [0, 0.1) is 10.1 Å². The average Bonchev–Trinajstić information content (AvgIpc) is 2.73. The lowest BCUT2D eigenvalue weighted by molar-refractivity contribution is -0.384. The number of hydrogen-bond donors (Lipinski definition) is 1. The van der Waals surface area contributed by atoms with Gasteiger partial charge in [-0.2, -0.15) is 0 Å². The zero-order valence-corrected chi connectivity index (χ0v) is 16.0. The van der Waals surface area contributed by atoms with Gasteiger partial charge in [0.25, 0.3) is 17.2 Å². The number of benzene rings is 2. The number of nitrogens with one attached hydrogen (secondary N) is 1. The van der Waals surface area contributed by atoms with Crippen molar-refractivity contribution in [1.29, 1.82) is 0 Å². The summed E-state index contributed by atoms with van der Waals surface area (Å²) < 4.78 is 6.57. The zero-order chi connectivity index (χ0) is 21.0. The number of carbonyl (C=O) groups is 1. The number of fused-ring (bicyclic) bond motifs is 1. The molecule has 0 radical (unpaired) electrons. The van der Waals surface area contributed by atoms with Crippen molar-refractivity contribution in [3.63, 3.8) is 0 Å². The lowest BCUT2D eigenvalue weighted by atomic mass is 10.1. The molecule has 1 N–H and O–H groups in total. The third-order valence-electron chi connectivity index (χ3n) is 4.46. The van der Waals surface area contributed by atoms with E-state index in [0.29, 0.717) is 23.3 Å². The second-order valence-corrected chi connectivity index (χ2v) is 6.44. The van der Waals surface area contributed by atoms with Gasteiger partial charge in [0.15, 0.2) is 0 Å². The molecule has 0 saturated heterocycles. The van der Waals surface area contributed by atoms with Gasteiger partial charge in [-0.3, -0.25) is 24.3 Å². The van der Waals surface area contributed by atoms with Crippen molar-refractivity contribution in [3.8, 4) is 0 Å². The monoisotopic (exact) mass is 396 g/mol. The smallest absolute Gasteiger partial charge is 0.270 e. The largest absolute Gasteiger partial charge is 0.383 e. The molecule has 9 nitrogen and oxygen atoms in total. The van der Waals surface area contributed by atoms with Crippen molar-refractivity contribution in [2.45, 2.75) is 19.5 Å². The molecule has 0 saturated carbocycles. The molecular weight excluding hydrogens is 376 g/mol. The number of nitrogens with zero attached hydrogens (tertiary/aromatic N) is 3. The molecule has 0 aliphatic carbocycles. The van der Waals surface area contributed by atoms with Gasteiger partial charge >= 0.3 is 0 Å². The van der Waals surface area contributed by atoms with E-state index in [1.165, 1.54) is 35.9 Å². The van der Waals surface area contributed by atoms with Gasteiger partial charge in [-0.25, -0.2) is 4.98 Å². The number of aromatic nitrogens is 2. The number of non-ortho nitro benzene ring substituents is 1. The fourth-order valence-corrected chi connectivity index (χ4v) is 3.02. The standard InChI is InChI=1S/C20H20N4O5/c1-13(21-19(25)14-6-5-7-15(12-14)24(27)28)18-22-17-9-4-3-8-16(17)20(26)23(18)10-11-29-2/h3-9,12-13H,10-11H2,1-2H3,(H,21,25). The summed E-state index contributed by atoms with van der Waals surface area (Å²) in [6.07, 6.45) is 0. The molecule has 1 heterocycles. The predicted molar refractivity (Wildman–Crippen MR) is 107 cm³/mol. The molecule has 0 bridgehead atoms. The Morgan fingerprint density at radius 1 is 1.28 bits per heavy atom. The summed E-state index contributed by atoms with van der Waals surface area (Å²) in [6.45, 7) is 2.28. The summed E-state index contributed by atoms with van der Waals surface area (Å²) in [6, 6.07) is 11.8. The first-order chi connectivity index (χ1) is 13.9. The number of nitro benzene ring substituents is 1. The van der Waals surface area contributed by atoms with Crippen molar-refractivity contribution >= 4 is 22.5 Å². The van der Waals surface area contributed by atoms with Crippen LogP contribution in [-0.4, -0.2) is 34.1 Å². The fraction of sp³-hybridized carbons (Fsp3) is 0.250. The highest BCUT2D eigenvalue weighted by Gasteiger charge is 2.20. The van der Waals surface area contributed by atoms with Gasteiger partial charge in [0.05, 0.1) is 35.0 Å². The van der Waals surface area contributed by atoms with Crippen LogP contribution in [0.5, 0.6) is 0 Å². The van der Waals surface area contributed by atoms with Gasteiger partial charge in [0, 0.05) is 24.8 Å². The average molecular weight is 396 g/mol. The Morgan fingerprint density at radius 2 is 2.03 bits per heavy atom. The van der Waals surface area contributed by atoms with E-state index in [2.05, 4.69) is 10.3 Å². The number of carbonyl (C=O) groups excluding carboxylic acids is 1. The molecule has 3 rings (SSSR count). The Labute approximate surface area is 166 Å². The lowest BCUT2D eigenvalue weighted by Crippen LogP contribution is -2.34. The third kappa shape index (κ3) is 4.30. The maximum atomic E-state index is 12.9. The molecule has 0 aliphatic heterocycles. The molecule has 1 amide bonds. The predicted octanol–water partition coefficient (Wildman–Crippen LogP) is 2.44. The van der Waals surface area contributed by atoms with Crippen molar-refractivity contribution in [2.75, 3.05) is 13.7 Å². The van der Waals surface area contributed by atoms with Crippen molar-refractivity contribution in [1.82, 2.24) is 14.9 Å². The van der Waals surface area contributed by atoms with Crippen LogP contribution in [0.15, 0.2) is 53.3 Å². The molecule has 3 aromatic rings. The minimum atomic E-state index is -0.615. The number of nitro groups is 1. The molecular formula is C20H20N4O5. The van der Waals surface area contributed by atoms with E-state index in [1.807, 2.05) is 0 Å². The molecule has 0 spiro atoms. The van der Waals surface area contributed by atoms with E-state index in [0.717, 1.165) is 0 Å². The van der Waals surface area contributed by atoms with Crippen molar-refractivity contribution < 1.29 is 14.5 Å². The summed E-state index contributed by atoms with van der Waals surface area (Å²) in [7, 11) is 1.53. The van der Waals surface area contributed by atoms with Crippen LogP contribution in [0.3, 0.4) is 0 Å². The summed E-state index contributed by atoms with van der Waals surface area (Å²) in [5.41, 5.74) is 0.278. The Morgan fingerprint density at radius 3 is 2.76 bits per heavy atom. The maximum Gasteiger partial charge on any atom is 0.270 e. The number of rotatable bonds is 7. The summed E-state index contributed by atoms with van der Waals surface area (Å²) in [5, 5.41) is 14.2. The summed E-state index contributed by atoms with van der Waals surface area (Å²) in [4.78, 5) is 40.5. The van der Waals surface area contributed by atoms with Gasteiger partial charge in [-0.1, -0.05) is 18.2 Å². The second-order valence-electron chi connectivity index (χ2n) is 6.44. The van der Waals surface area contributed by atoms with E-state index in [4.69, 9.17) is 4.74 Å². The van der Waals surface area contributed by atoms with Crippen molar-refractivity contribution in [2.24, 2.45) is 0 Å². The second kappa shape index (κ2) is 8.61. The minimum Gasteiger partial charge on any atom is -0.383 e. The first-order valence-electron chi connectivity index (χ1n) is 8.96. The van der Waals surface area contributed by atoms with Crippen molar-refractivity contribution in [3.05, 3.63) is 80.4 Å². The minimum absolute atomic E-state index is 0.151. The van der Waals surface area contributed by atoms with Crippen LogP contribution in [-0.2, 0) is 11.3 Å². The Balaban J connectivity index is 1.96. The van der Waals surface area contributed by atoms with Crippen LogP contribution in [0.25, 0.3) is 10.9 Å². The first kappa shape index (κ1) is 20.2. The Hall–Kier alpha value is -3.59. The normalized spacial score (nSPS) is 11.9. The molecule has 2 aromatic carbocycles. The zero-order valence-electron chi connectivity index (χ0n) is 16.0. The summed E-state index contributed by atoms with van der Waals surface area (Å²) in [5.74, 6) is -0.119. The number of amides is 1. The fourth-order valence-electron chi connectivity index (χ4n) is 3.02. The van der Waals surface area contributed by atoms with Gasteiger partial charge < -0.3 is 10.1 Å².